The van der Waals surface area contributed by atoms with Gasteiger partial charge >= 0.3 is 122 Å². The Bertz CT molecular complexity index is 549. The normalized spacial score (nSPS) is 9.58. The Balaban J connectivity index is 1.85. The Labute approximate surface area is 121 Å². The maximum absolute atomic E-state index is 5.34. The summed E-state index contributed by atoms with van der Waals surface area (Å²) in [6.07, 6.45) is 10.7. The van der Waals surface area contributed by atoms with Crippen molar-refractivity contribution in [1.29, 1.82) is 0 Å². The Morgan fingerprint density at radius 1 is 0.684 bits per heavy atom. The van der Waals surface area contributed by atoms with Crippen LogP contribution in [0.3, 0.4) is 0 Å². The molecule has 2 aromatic carbocycles. The molecule has 0 aliphatic rings. The Kier molecular flexibility index (Phi) is 4.92. The molecular formula is C18H15As. The molecule has 0 radical (unpaired) electrons. The van der Waals surface area contributed by atoms with E-state index < -0.39 is 0 Å². The molecule has 0 atom stereocenters. The van der Waals surface area contributed by atoms with Gasteiger partial charge in [0.05, 0.1) is 0 Å². The molecule has 0 unspecified atom stereocenters. The average Bonchev–Trinajstić information content (AvgIpc) is 2.49. The van der Waals surface area contributed by atoms with Gasteiger partial charge in [0, 0.05) is 0 Å². The van der Waals surface area contributed by atoms with Gasteiger partial charge in [-0.15, -0.1) is 0 Å². The van der Waals surface area contributed by atoms with E-state index in [-0.39, 0.29) is 15.8 Å². The third-order valence-electron chi connectivity index (χ3n) is 2.90. The first-order chi connectivity index (χ1) is 9.31. The Morgan fingerprint density at radius 3 is 1.37 bits per heavy atom. The number of hydrogen-bond donors (Lipinski definition) is 0. The second kappa shape index (κ2) is 6.89. The van der Waals surface area contributed by atoms with Crippen molar-refractivity contribution in [2.45, 2.75) is 10.4 Å². The summed E-state index contributed by atoms with van der Waals surface area (Å²) in [5.41, 5.74) is 4.68. The van der Waals surface area contributed by atoms with E-state index in [0.29, 0.717) is 0 Å². The molecule has 0 fully saturated rings. The summed E-state index contributed by atoms with van der Waals surface area (Å²) < 4.78 is 0. The number of hydrogen-bond acceptors (Lipinski definition) is 0. The van der Waals surface area contributed by atoms with Crippen LogP contribution in [0.4, 0.5) is 0 Å². The quantitative estimate of drug-likeness (QED) is 0.602. The molecule has 0 heterocycles. The maximum atomic E-state index is 5.34. The van der Waals surface area contributed by atoms with Gasteiger partial charge in [-0.2, -0.15) is 0 Å². The molecule has 0 amide bonds. The average molecular weight is 306 g/mol. The van der Waals surface area contributed by atoms with Gasteiger partial charge in [-0.05, 0) is 0 Å². The minimum absolute atomic E-state index is 0.000160. The summed E-state index contributed by atoms with van der Waals surface area (Å²) in [6.45, 7) is 0. The summed E-state index contributed by atoms with van der Waals surface area (Å²) in [5.74, 6) is 5.28. The summed E-state index contributed by atoms with van der Waals surface area (Å²) in [5, 5.41) is 2.39. The van der Waals surface area contributed by atoms with E-state index in [1.54, 1.807) is 0 Å². The molecule has 0 bridgehead atoms. The molecular weight excluding hydrogens is 291 g/mol. The number of rotatable bonds is 4. The fourth-order valence-corrected chi connectivity index (χ4v) is 4.25. The van der Waals surface area contributed by atoms with Gasteiger partial charge in [-0.3, -0.25) is 0 Å². The molecule has 2 aromatic rings. The number of terminal acetylenes is 2. The van der Waals surface area contributed by atoms with E-state index in [1.807, 2.05) is 24.3 Å². The molecule has 0 saturated carbocycles. The van der Waals surface area contributed by atoms with E-state index in [4.69, 9.17) is 12.8 Å². The summed E-state index contributed by atoms with van der Waals surface area (Å²) >= 11 is -0.000160. The van der Waals surface area contributed by atoms with Crippen LogP contribution in [0.1, 0.15) is 22.3 Å². The van der Waals surface area contributed by atoms with Gasteiger partial charge in [0.25, 0.3) is 0 Å². The van der Waals surface area contributed by atoms with Crippen molar-refractivity contribution < 1.29 is 0 Å². The monoisotopic (exact) mass is 306 g/mol. The second-order valence-corrected chi connectivity index (χ2v) is 6.82. The van der Waals surface area contributed by atoms with Crippen LogP contribution in [0.2, 0.25) is 0 Å². The zero-order valence-corrected chi connectivity index (χ0v) is 12.8. The first-order valence-electron chi connectivity index (χ1n) is 6.13. The molecule has 0 nitrogen and oxygen atoms in total. The molecule has 0 aromatic heterocycles. The molecule has 92 valence electrons. The van der Waals surface area contributed by atoms with Crippen LogP contribution >= 0.6 is 0 Å². The van der Waals surface area contributed by atoms with E-state index in [9.17, 15) is 0 Å². The minimum atomic E-state index is -0.000160. The summed E-state index contributed by atoms with van der Waals surface area (Å²) in [7, 11) is 0. The van der Waals surface area contributed by atoms with E-state index in [1.165, 1.54) is 21.5 Å². The van der Waals surface area contributed by atoms with Crippen molar-refractivity contribution >= 4 is 15.8 Å². The molecule has 19 heavy (non-hydrogen) atoms. The predicted molar refractivity (Wildman–Crippen MR) is 83.3 cm³/mol. The van der Waals surface area contributed by atoms with Gasteiger partial charge in [-0.1, -0.05) is 0 Å². The van der Waals surface area contributed by atoms with Gasteiger partial charge < -0.3 is 0 Å². The first-order valence-corrected chi connectivity index (χ1v) is 9.10. The van der Waals surface area contributed by atoms with E-state index >= 15 is 0 Å². The summed E-state index contributed by atoms with van der Waals surface area (Å²) in [4.78, 5) is 0. The topological polar surface area (TPSA) is 0 Å². The molecule has 0 aliphatic carbocycles. The Hall–Kier alpha value is -1.88. The zero-order chi connectivity index (χ0) is 13.5. The van der Waals surface area contributed by atoms with Crippen molar-refractivity contribution in [3.8, 4) is 24.7 Å². The predicted octanol–water partition coefficient (Wildman–Crippen LogP) is 2.79. The van der Waals surface area contributed by atoms with Gasteiger partial charge in [-0.25, -0.2) is 0 Å². The van der Waals surface area contributed by atoms with Crippen molar-refractivity contribution in [2.24, 2.45) is 0 Å². The van der Waals surface area contributed by atoms with Crippen LogP contribution in [0, 0.1) is 24.7 Å². The third-order valence-corrected chi connectivity index (χ3v) is 5.66. The molecule has 0 saturated heterocycles. The van der Waals surface area contributed by atoms with Crippen molar-refractivity contribution in [1.82, 2.24) is 0 Å². The van der Waals surface area contributed by atoms with Crippen molar-refractivity contribution in [3.05, 3.63) is 70.8 Å². The molecule has 0 N–H and O–H groups in total. The molecule has 0 spiro atoms. The van der Waals surface area contributed by atoms with Crippen LogP contribution in [0.5, 0.6) is 0 Å². The molecule has 2 rings (SSSR count). The SMILES string of the molecule is C#Cc1ccc(C[AsH]Cc2ccc(C#C)cc2)cc1. The van der Waals surface area contributed by atoms with Crippen molar-refractivity contribution in [2.75, 3.05) is 0 Å². The Morgan fingerprint density at radius 2 is 1.05 bits per heavy atom. The fraction of sp³-hybridized carbons (Fsp3) is 0.111. The standard InChI is InChI=1S/C18H15As/c1-3-15-5-9-17(10-6-15)13-19-14-18-11-7-16(4-2)8-12-18/h1-2,5-12,19H,13-14H2. The summed E-state index contributed by atoms with van der Waals surface area (Å²) in [6, 6.07) is 16.6. The zero-order valence-electron chi connectivity index (χ0n) is 10.7. The van der Waals surface area contributed by atoms with Crippen LogP contribution < -0.4 is 0 Å². The van der Waals surface area contributed by atoms with Gasteiger partial charge in [0.15, 0.2) is 0 Å². The molecule has 0 aliphatic heterocycles. The van der Waals surface area contributed by atoms with Crippen LogP contribution in [-0.2, 0) is 10.4 Å². The van der Waals surface area contributed by atoms with Crippen LogP contribution in [-0.4, -0.2) is 15.8 Å². The van der Waals surface area contributed by atoms with Gasteiger partial charge in [0.1, 0.15) is 0 Å². The second-order valence-electron chi connectivity index (χ2n) is 4.29. The van der Waals surface area contributed by atoms with Crippen molar-refractivity contribution in [3.63, 3.8) is 0 Å². The third kappa shape index (κ3) is 4.06. The van der Waals surface area contributed by atoms with E-state index in [0.717, 1.165) is 11.1 Å². The fourth-order valence-electron chi connectivity index (χ4n) is 1.79. The first kappa shape index (κ1) is 13.5. The molecule has 1 heteroatoms. The van der Waals surface area contributed by atoms with Crippen LogP contribution in [0.15, 0.2) is 48.5 Å². The van der Waals surface area contributed by atoms with E-state index in [2.05, 4.69) is 36.1 Å². The number of benzene rings is 2. The van der Waals surface area contributed by atoms with Gasteiger partial charge in [0.2, 0.25) is 0 Å². The van der Waals surface area contributed by atoms with Crippen LogP contribution in [0.25, 0.3) is 0 Å².